The number of alkyl halides is 3. The largest absolute Gasteiger partial charge is 0.461 e. The van der Waals surface area contributed by atoms with Crippen molar-refractivity contribution in [2.45, 2.75) is 12.6 Å². The second-order valence-electron chi connectivity index (χ2n) is 2.36. The second kappa shape index (κ2) is 6.05. The van der Waals surface area contributed by atoms with Gasteiger partial charge in [0.1, 0.15) is 0 Å². The Kier molecular flexibility index (Phi) is 5.43. The highest BCUT2D eigenvalue weighted by Crippen LogP contribution is 2.15. The molecule has 7 heteroatoms. The zero-order chi connectivity index (χ0) is 11.9. The number of hydrogen-bond donors (Lipinski definition) is 0. The molecule has 0 saturated heterocycles. The van der Waals surface area contributed by atoms with E-state index in [1.54, 1.807) is 0 Å². The monoisotopic (exact) mass is 226 g/mol. The van der Waals surface area contributed by atoms with Crippen LogP contribution in [0, 0.1) is 0 Å². The van der Waals surface area contributed by atoms with Gasteiger partial charge in [0, 0.05) is 6.08 Å². The fourth-order valence-electron chi connectivity index (χ4n) is 0.579. The third-order valence-corrected chi connectivity index (χ3v) is 1.18. The van der Waals surface area contributed by atoms with Crippen LogP contribution < -0.4 is 0 Å². The number of ether oxygens (including phenoxy) is 2. The van der Waals surface area contributed by atoms with Crippen molar-refractivity contribution in [3.63, 3.8) is 0 Å². The highest BCUT2D eigenvalue weighted by atomic mass is 19.4. The van der Waals surface area contributed by atoms with Gasteiger partial charge >= 0.3 is 18.1 Å². The van der Waals surface area contributed by atoms with Gasteiger partial charge in [-0.3, -0.25) is 0 Å². The van der Waals surface area contributed by atoms with Gasteiger partial charge in [0.25, 0.3) is 0 Å². The van der Waals surface area contributed by atoms with E-state index in [9.17, 15) is 22.8 Å². The first-order valence-electron chi connectivity index (χ1n) is 3.86. The Morgan fingerprint density at radius 2 is 1.87 bits per heavy atom. The number of esters is 2. The van der Waals surface area contributed by atoms with E-state index < -0.39 is 18.1 Å². The van der Waals surface area contributed by atoms with E-state index in [2.05, 4.69) is 9.47 Å². The van der Waals surface area contributed by atoms with Gasteiger partial charge in [0.05, 0.1) is 13.7 Å². The molecule has 0 heterocycles. The number of halogens is 3. The summed E-state index contributed by atoms with van der Waals surface area (Å²) < 4.78 is 43.0. The summed E-state index contributed by atoms with van der Waals surface area (Å²) in [5.41, 5.74) is 0. The van der Waals surface area contributed by atoms with E-state index in [0.717, 1.165) is 13.2 Å². The minimum absolute atomic E-state index is 0.0268. The topological polar surface area (TPSA) is 52.6 Å². The maximum Gasteiger partial charge on any atom is 0.417 e. The number of allylic oxidation sites excluding steroid dienone is 1. The highest BCUT2D eigenvalue weighted by molar-refractivity contribution is 6.29. The average molecular weight is 226 g/mol. The van der Waals surface area contributed by atoms with Crippen LogP contribution >= 0.6 is 0 Å². The van der Waals surface area contributed by atoms with Gasteiger partial charge in [-0.1, -0.05) is 6.08 Å². The number of carbonyl (C=O) groups is 2. The van der Waals surface area contributed by atoms with Crippen LogP contribution in [0.4, 0.5) is 13.2 Å². The molecule has 0 atom stereocenters. The van der Waals surface area contributed by atoms with Gasteiger partial charge in [-0.15, -0.1) is 0 Å². The van der Waals surface area contributed by atoms with Crippen LogP contribution in [0.1, 0.15) is 6.42 Å². The van der Waals surface area contributed by atoms with Gasteiger partial charge in [0.15, 0.2) is 0 Å². The molecule has 0 fully saturated rings. The fourth-order valence-corrected chi connectivity index (χ4v) is 0.579. The summed E-state index contributed by atoms with van der Waals surface area (Å²) in [5, 5.41) is 0. The van der Waals surface area contributed by atoms with Crippen molar-refractivity contribution in [2.24, 2.45) is 0 Å². The molecule has 4 nitrogen and oxygen atoms in total. The molecule has 0 amide bonds. The van der Waals surface area contributed by atoms with Gasteiger partial charge in [-0.25, -0.2) is 9.59 Å². The minimum atomic E-state index is -4.38. The van der Waals surface area contributed by atoms with Crippen molar-refractivity contribution in [1.82, 2.24) is 0 Å². The van der Waals surface area contributed by atoms with E-state index in [4.69, 9.17) is 0 Å². The third kappa shape index (κ3) is 7.53. The van der Waals surface area contributed by atoms with E-state index in [0.29, 0.717) is 0 Å². The number of rotatable bonds is 3. The molecule has 0 aromatic rings. The average Bonchev–Trinajstić information content (AvgIpc) is 2.14. The molecule has 0 aliphatic rings. The quantitative estimate of drug-likeness (QED) is 0.314. The molecule has 0 aromatic carbocycles. The predicted molar refractivity (Wildman–Crippen MR) is 42.8 cm³/mol. The lowest BCUT2D eigenvalue weighted by atomic mass is 10.4. The van der Waals surface area contributed by atoms with Gasteiger partial charge in [-0.05, 0) is 6.42 Å². The van der Waals surface area contributed by atoms with Crippen LogP contribution in [-0.4, -0.2) is 31.8 Å². The van der Waals surface area contributed by atoms with Crippen LogP contribution in [0.3, 0.4) is 0 Å². The van der Waals surface area contributed by atoms with Gasteiger partial charge in [0.2, 0.25) is 0 Å². The first-order chi connectivity index (χ1) is 6.87. The Labute approximate surface area is 83.7 Å². The lowest BCUT2D eigenvalue weighted by Gasteiger charge is -2.00. The van der Waals surface area contributed by atoms with E-state index >= 15 is 0 Å². The van der Waals surface area contributed by atoms with Crippen molar-refractivity contribution in [3.05, 3.63) is 12.2 Å². The first kappa shape index (κ1) is 13.5. The van der Waals surface area contributed by atoms with Gasteiger partial charge < -0.3 is 9.47 Å². The van der Waals surface area contributed by atoms with Crippen molar-refractivity contribution in [3.8, 4) is 0 Å². The molecule has 0 rings (SSSR count). The van der Waals surface area contributed by atoms with Crippen LogP contribution in [0.25, 0.3) is 0 Å². The molecule has 0 aliphatic carbocycles. The summed E-state index contributed by atoms with van der Waals surface area (Å²) in [6.07, 6.45) is -3.68. The maximum atomic E-state index is 11.6. The molecule has 0 N–H and O–H groups in total. The van der Waals surface area contributed by atoms with Crippen LogP contribution in [0.5, 0.6) is 0 Å². The van der Waals surface area contributed by atoms with E-state index in [1.807, 2.05) is 0 Å². The normalized spacial score (nSPS) is 11.5. The third-order valence-electron chi connectivity index (χ3n) is 1.18. The molecular formula is C8H9F3O4. The summed E-state index contributed by atoms with van der Waals surface area (Å²) in [5.74, 6) is -2.41. The zero-order valence-electron chi connectivity index (χ0n) is 7.84. The molecule has 0 aliphatic heterocycles. The van der Waals surface area contributed by atoms with Crippen molar-refractivity contribution < 1.29 is 32.2 Å². The molecule has 0 saturated carbocycles. The number of hydrogen-bond acceptors (Lipinski definition) is 4. The minimum Gasteiger partial charge on any atom is -0.461 e. The summed E-state index contributed by atoms with van der Waals surface area (Å²) in [7, 11) is 0.993. The lowest BCUT2D eigenvalue weighted by Crippen LogP contribution is -2.19. The second-order valence-corrected chi connectivity index (χ2v) is 2.36. The Morgan fingerprint density at radius 1 is 1.27 bits per heavy atom. The lowest BCUT2D eigenvalue weighted by molar-refractivity contribution is -0.165. The zero-order valence-corrected chi connectivity index (χ0v) is 7.84. The predicted octanol–water partition coefficient (Wildman–Crippen LogP) is 1.21. The Bertz CT molecular complexity index is 257. The summed E-state index contributed by atoms with van der Waals surface area (Å²) in [4.78, 5) is 21.0. The Balaban J connectivity index is 3.68. The smallest absolute Gasteiger partial charge is 0.417 e. The van der Waals surface area contributed by atoms with Crippen molar-refractivity contribution in [1.29, 1.82) is 0 Å². The fraction of sp³-hybridized carbons (Fsp3) is 0.500. The first-order valence-corrected chi connectivity index (χ1v) is 3.86. The summed E-state index contributed by atoms with van der Waals surface area (Å²) >= 11 is 0. The molecule has 0 unspecified atom stereocenters. The summed E-state index contributed by atoms with van der Waals surface area (Å²) in [6, 6.07) is 0. The van der Waals surface area contributed by atoms with E-state index in [1.165, 1.54) is 0 Å². The molecule has 15 heavy (non-hydrogen) atoms. The molecular weight excluding hydrogens is 217 g/mol. The Morgan fingerprint density at radius 3 is 2.33 bits per heavy atom. The van der Waals surface area contributed by atoms with Crippen LogP contribution in [0.15, 0.2) is 12.2 Å². The summed E-state index contributed by atoms with van der Waals surface area (Å²) in [6.45, 7) is -0.305. The number of carbonyl (C=O) groups excluding carboxylic acids is 2. The van der Waals surface area contributed by atoms with Gasteiger partial charge in [-0.2, -0.15) is 13.2 Å². The molecule has 0 radical (unpaired) electrons. The standard InChI is InChI=1S/C8H9F3O4/c1-14-6(12)7(13)15-5-3-2-4-8(9,10)11/h2,4H,3,5H2,1H3/b4-2+. The van der Waals surface area contributed by atoms with Crippen molar-refractivity contribution in [2.75, 3.05) is 13.7 Å². The highest BCUT2D eigenvalue weighted by Gasteiger charge is 2.21. The molecule has 0 bridgehead atoms. The van der Waals surface area contributed by atoms with E-state index in [-0.39, 0.29) is 19.1 Å². The van der Waals surface area contributed by atoms with Crippen molar-refractivity contribution >= 4 is 11.9 Å². The SMILES string of the molecule is COC(=O)C(=O)OCC/C=C/C(F)(F)F. The number of methoxy groups -OCH3 is 1. The van der Waals surface area contributed by atoms with Crippen LogP contribution in [0.2, 0.25) is 0 Å². The molecule has 86 valence electrons. The molecule has 0 spiro atoms. The Hall–Kier alpha value is -1.53. The molecule has 0 aromatic heterocycles. The maximum absolute atomic E-state index is 11.6. The van der Waals surface area contributed by atoms with Crippen LogP contribution in [-0.2, 0) is 19.1 Å².